The summed E-state index contributed by atoms with van der Waals surface area (Å²) in [5.41, 5.74) is 0.178. The van der Waals surface area contributed by atoms with Gasteiger partial charge in [0.25, 0.3) is 5.91 Å². The van der Waals surface area contributed by atoms with E-state index in [-0.39, 0.29) is 21.3 Å². The number of sulfonamides is 1. The summed E-state index contributed by atoms with van der Waals surface area (Å²) in [4.78, 5) is 11.9. The summed E-state index contributed by atoms with van der Waals surface area (Å²) >= 11 is 9.22. The van der Waals surface area contributed by atoms with E-state index < -0.39 is 15.9 Å². The minimum absolute atomic E-state index is 0.152. The maximum Gasteiger partial charge on any atom is 0.258 e. The molecule has 0 unspecified atom stereocenters. The van der Waals surface area contributed by atoms with Crippen molar-refractivity contribution in [2.75, 3.05) is 5.32 Å². The van der Waals surface area contributed by atoms with Gasteiger partial charge >= 0.3 is 0 Å². The number of halogens is 2. The number of aryl methyl sites for hydroxylation is 1. The second-order valence-electron chi connectivity index (χ2n) is 4.12. The lowest BCUT2D eigenvalue weighted by Gasteiger charge is -2.06. The van der Waals surface area contributed by atoms with Gasteiger partial charge in [0, 0.05) is 17.7 Å². The SMILES string of the molecule is Cn1cc(S(N)(=O)=O)c(NC(=O)c2cccc(Br)c2Cl)n1. The summed E-state index contributed by atoms with van der Waals surface area (Å²) in [6.07, 6.45) is 1.20. The first-order valence-corrected chi connectivity index (χ1v) is 8.23. The molecule has 21 heavy (non-hydrogen) atoms. The van der Waals surface area contributed by atoms with E-state index in [9.17, 15) is 13.2 Å². The molecule has 0 aliphatic rings. The second kappa shape index (κ2) is 5.76. The van der Waals surface area contributed by atoms with Crippen molar-refractivity contribution in [1.82, 2.24) is 9.78 Å². The number of amides is 1. The monoisotopic (exact) mass is 392 g/mol. The third kappa shape index (κ3) is 3.43. The molecule has 0 bridgehead atoms. The van der Waals surface area contributed by atoms with E-state index in [0.717, 1.165) is 0 Å². The number of nitrogens with two attached hydrogens (primary N) is 1. The van der Waals surface area contributed by atoms with Crippen molar-refractivity contribution < 1.29 is 13.2 Å². The van der Waals surface area contributed by atoms with Gasteiger partial charge in [-0.25, -0.2) is 13.6 Å². The van der Waals surface area contributed by atoms with Crippen molar-refractivity contribution in [2.45, 2.75) is 4.90 Å². The Kier molecular flexibility index (Phi) is 4.38. The molecule has 0 aliphatic heterocycles. The molecule has 0 aliphatic carbocycles. The van der Waals surface area contributed by atoms with Crippen LogP contribution in [0.2, 0.25) is 5.02 Å². The number of aromatic nitrogens is 2. The van der Waals surface area contributed by atoms with Crippen LogP contribution >= 0.6 is 27.5 Å². The predicted molar refractivity (Wildman–Crippen MR) is 81.7 cm³/mol. The molecular weight excluding hydrogens is 384 g/mol. The molecule has 0 fully saturated rings. The molecule has 0 saturated carbocycles. The van der Waals surface area contributed by atoms with Crippen LogP contribution in [0.15, 0.2) is 33.8 Å². The zero-order chi connectivity index (χ0) is 15.8. The summed E-state index contributed by atoms with van der Waals surface area (Å²) in [5, 5.41) is 11.5. The molecule has 1 heterocycles. The number of hydrogen-bond acceptors (Lipinski definition) is 4. The Balaban J connectivity index is 2.39. The number of carbonyl (C=O) groups excluding carboxylic acids is 1. The first-order chi connectivity index (χ1) is 9.70. The highest BCUT2D eigenvalue weighted by molar-refractivity contribution is 9.10. The molecular formula is C11H10BrClN4O3S. The standard InChI is InChI=1S/C11H10BrClN4O3S/c1-17-5-8(21(14,19)20)10(16-17)15-11(18)6-3-2-4-7(12)9(6)13/h2-5H,1H3,(H2,14,19,20)(H,15,16,18). The van der Waals surface area contributed by atoms with Gasteiger partial charge in [-0.3, -0.25) is 9.48 Å². The van der Waals surface area contributed by atoms with E-state index >= 15 is 0 Å². The Morgan fingerprint density at radius 1 is 1.48 bits per heavy atom. The Morgan fingerprint density at radius 3 is 2.76 bits per heavy atom. The normalized spacial score (nSPS) is 11.4. The number of benzene rings is 1. The Morgan fingerprint density at radius 2 is 2.14 bits per heavy atom. The van der Waals surface area contributed by atoms with E-state index in [2.05, 4.69) is 26.3 Å². The predicted octanol–water partition coefficient (Wildman–Crippen LogP) is 1.74. The van der Waals surface area contributed by atoms with E-state index in [1.165, 1.54) is 24.0 Å². The topological polar surface area (TPSA) is 107 Å². The van der Waals surface area contributed by atoms with Crippen LogP contribution in [0, 0.1) is 0 Å². The minimum atomic E-state index is -4.00. The second-order valence-corrected chi connectivity index (χ2v) is 6.88. The number of nitrogens with zero attached hydrogens (tertiary/aromatic N) is 2. The number of hydrogen-bond donors (Lipinski definition) is 2. The lowest BCUT2D eigenvalue weighted by Crippen LogP contribution is -2.18. The van der Waals surface area contributed by atoms with Crippen LogP contribution in [-0.2, 0) is 17.1 Å². The van der Waals surface area contributed by atoms with Gasteiger partial charge in [-0.1, -0.05) is 17.7 Å². The maximum atomic E-state index is 12.2. The summed E-state index contributed by atoms with van der Waals surface area (Å²) in [5.74, 6) is -0.744. The molecule has 1 amide bonds. The van der Waals surface area contributed by atoms with Crippen LogP contribution in [0.25, 0.3) is 0 Å². The molecule has 10 heteroatoms. The molecule has 0 saturated heterocycles. The van der Waals surface area contributed by atoms with Crippen molar-refractivity contribution >= 4 is 49.3 Å². The first-order valence-electron chi connectivity index (χ1n) is 5.52. The fourth-order valence-corrected chi connectivity index (χ4v) is 2.85. The van der Waals surface area contributed by atoms with E-state index in [4.69, 9.17) is 16.7 Å². The molecule has 1 aromatic heterocycles. The van der Waals surface area contributed by atoms with Crippen LogP contribution in [0.3, 0.4) is 0 Å². The Hall–Kier alpha value is -1.42. The van der Waals surface area contributed by atoms with Crippen molar-refractivity contribution in [1.29, 1.82) is 0 Å². The summed E-state index contributed by atoms with van der Waals surface area (Å²) in [6.45, 7) is 0. The first kappa shape index (κ1) is 16.0. The lowest BCUT2D eigenvalue weighted by atomic mass is 10.2. The maximum absolute atomic E-state index is 12.2. The third-order valence-electron chi connectivity index (χ3n) is 2.53. The Bertz CT molecular complexity index is 819. The number of primary sulfonamides is 1. The third-order valence-corrected chi connectivity index (χ3v) is 4.74. The molecule has 2 aromatic rings. The molecule has 0 radical (unpaired) electrons. The zero-order valence-corrected chi connectivity index (χ0v) is 13.8. The number of carbonyl (C=O) groups is 1. The molecule has 1 aromatic carbocycles. The van der Waals surface area contributed by atoms with Crippen LogP contribution < -0.4 is 10.5 Å². The highest BCUT2D eigenvalue weighted by atomic mass is 79.9. The molecule has 3 N–H and O–H groups in total. The smallest absolute Gasteiger partial charge is 0.258 e. The van der Waals surface area contributed by atoms with Crippen molar-refractivity contribution in [3.63, 3.8) is 0 Å². The quantitative estimate of drug-likeness (QED) is 0.828. The van der Waals surface area contributed by atoms with Gasteiger partial charge in [-0.05, 0) is 28.1 Å². The summed E-state index contributed by atoms with van der Waals surface area (Å²) < 4.78 is 24.7. The van der Waals surface area contributed by atoms with Gasteiger partial charge in [0.05, 0.1) is 10.6 Å². The summed E-state index contributed by atoms with van der Waals surface area (Å²) in [7, 11) is -2.49. The lowest BCUT2D eigenvalue weighted by molar-refractivity contribution is 0.102. The van der Waals surface area contributed by atoms with Crippen LogP contribution in [0.4, 0.5) is 5.82 Å². The van der Waals surface area contributed by atoms with Crippen molar-refractivity contribution in [2.24, 2.45) is 12.2 Å². The van der Waals surface area contributed by atoms with Gasteiger partial charge in [-0.2, -0.15) is 5.10 Å². The highest BCUT2D eigenvalue weighted by Gasteiger charge is 2.21. The molecule has 2 rings (SSSR count). The number of anilines is 1. The zero-order valence-electron chi connectivity index (χ0n) is 10.7. The van der Waals surface area contributed by atoms with Crippen LogP contribution in [0.5, 0.6) is 0 Å². The van der Waals surface area contributed by atoms with E-state index in [1.54, 1.807) is 12.1 Å². The molecule has 0 atom stereocenters. The van der Waals surface area contributed by atoms with Crippen molar-refractivity contribution in [3.8, 4) is 0 Å². The van der Waals surface area contributed by atoms with Gasteiger partial charge in [0.15, 0.2) is 5.82 Å². The van der Waals surface area contributed by atoms with Crippen molar-refractivity contribution in [3.05, 3.63) is 39.5 Å². The Labute approximate surface area is 134 Å². The van der Waals surface area contributed by atoms with Crippen LogP contribution in [-0.4, -0.2) is 24.1 Å². The summed E-state index contributed by atoms with van der Waals surface area (Å²) in [6, 6.07) is 4.81. The number of nitrogens with one attached hydrogen (secondary N) is 1. The fourth-order valence-electron chi connectivity index (χ4n) is 1.62. The molecule has 112 valence electrons. The van der Waals surface area contributed by atoms with Gasteiger partial charge in [0.1, 0.15) is 4.90 Å². The van der Waals surface area contributed by atoms with E-state index in [1.807, 2.05) is 0 Å². The average Bonchev–Trinajstić information content (AvgIpc) is 2.73. The van der Waals surface area contributed by atoms with Crippen LogP contribution in [0.1, 0.15) is 10.4 Å². The number of rotatable bonds is 3. The fraction of sp³-hybridized carbons (Fsp3) is 0.0909. The molecule has 7 nitrogen and oxygen atoms in total. The van der Waals surface area contributed by atoms with Gasteiger partial charge in [-0.15, -0.1) is 0 Å². The van der Waals surface area contributed by atoms with Gasteiger partial charge in [0.2, 0.25) is 10.0 Å². The van der Waals surface area contributed by atoms with E-state index in [0.29, 0.717) is 4.47 Å². The molecule has 0 spiro atoms. The van der Waals surface area contributed by atoms with Gasteiger partial charge < -0.3 is 5.32 Å². The largest absolute Gasteiger partial charge is 0.304 e. The average molecular weight is 394 g/mol. The highest BCUT2D eigenvalue weighted by Crippen LogP contribution is 2.27. The minimum Gasteiger partial charge on any atom is -0.304 e.